The van der Waals surface area contributed by atoms with Crippen LogP contribution in [-0.4, -0.2) is 37.2 Å². The van der Waals surface area contributed by atoms with Gasteiger partial charge in [0.1, 0.15) is 17.4 Å². The van der Waals surface area contributed by atoms with E-state index in [1.54, 1.807) is 12.1 Å². The van der Waals surface area contributed by atoms with Gasteiger partial charge in [-0.15, -0.1) is 0 Å². The molecule has 19 heavy (non-hydrogen) atoms. The molecule has 104 valence electrons. The summed E-state index contributed by atoms with van der Waals surface area (Å²) >= 11 is 0. The van der Waals surface area contributed by atoms with Gasteiger partial charge in [-0.05, 0) is 18.1 Å². The molecule has 1 rings (SSSR count). The van der Waals surface area contributed by atoms with Crippen molar-refractivity contribution in [1.82, 2.24) is 4.98 Å². The Morgan fingerprint density at radius 2 is 1.95 bits per heavy atom. The van der Waals surface area contributed by atoms with Gasteiger partial charge >= 0.3 is 11.9 Å². The van der Waals surface area contributed by atoms with Crippen molar-refractivity contribution in [3.8, 4) is 0 Å². The van der Waals surface area contributed by atoms with Crippen LogP contribution in [0.5, 0.6) is 0 Å². The molecular formula is C13H18N2O4. The van der Waals surface area contributed by atoms with E-state index in [-0.39, 0.29) is 11.5 Å². The van der Waals surface area contributed by atoms with Gasteiger partial charge in [-0.1, -0.05) is 13.8 Å². The van der Waals surface area contributed by atoms with Crippen LogP contribution in [0.3, 0.4) is 0 Å². The average molecular weight is 266 g/mol. The fourth-order valence-corrected chi connectivity index (χ4v) is 1.57. The molecule has 1 atom stereocenters. The quantitative estimate of drug-likeness (QED) is 0.813. The van der Waals surface area contributed by atoms with Crippen molar-refractivity contribution in [2.45, 2.75) is 19.9 Å². The Hall–Kier alpha value is -2.11. The molecule has 0 spiro atoms. The highest BCUT2D eigenvalue weighted by molar-refractivity contribution is 5.95. The third-order valence-electron chi connectivity index (χ3n) is 2.63. The lowest BCUT2D eigenvalue weighted by Crippen LogP contribution is -2.36. The van der Waals surface area contributed by atoms with Gasteiger partial charge in [0.2, 0.25) is 0 Å². The number of carbonyl (C=O) groups excluding carboxylic acids is 2. The van der Waals surface area contributed by atoms with Gasteiger partial charge in [0.05, 0.1) is 14.2 Å². The number of carbonyl (C=O) groups is 2. The van der Waals surface area contributed by atoms with Gasteiger partial charge in [-0.2, -0.15) is 0 Å². The Labute approximate surface area is 112 Å². The van der Waals surface area contributed by atoms with Crippen LogP contribution in [0, 0.1) is 5.92 Å². The maximum atomic E-state index is 11.7. The van der Waals surface area contributed by atoms with E-state index >= 15 is 0 Å². The number of aromatic nitrogens is 1. The monoisotopic (exact) mass is 266 g/mol. The summed E-state index contributed by atoms with van der Waals surface area (Å²) < 4.78 is 9.40. The van der Waals surface area contributed by atoms with Crippen LogP contribution in [0.2, 0.25) is 0 Å². The maximum absolute atomic E-state index is 11.7. The molecule has 0 bridgehead atoms. The molecule has 6 heteroatoms. The second kappa shape index (κ2) is 6.72. The first kappa shape index (κ1) is 14.9. The molecule has 0 aliphatic rings. The van der Waals surface area contributed by atoms with Crippen LogP contribution >= 0.6 is 0 Å². The number of hydrogen-bond donors (Lipinski definition) is 1. The van der Waals surface area contributed by atoms with E-state index in [9.17, 15) is 9.59 Å². The zero-order valence-corrected chi connectivity index (χ0v) is 11.5. The minimum Gasteiger partial charge on any atom is -0.467 e. The Morgan fingerprint density at radius 1 is 1.26 bits per heavy atom. The lowest BCUT2D eigenvalue weighted by Gasteiger charge is -2.21. The zero-order chi connectivity index (χ0) is 14.4. The largest absolute Gasteiger partial charge is 0.467 e. The summed E-state index contributed by atoms with van der Waals surface area (Å²) in [6, 6.07) is 2.62. The third kappa shape index (κ3) is 3.67. The number of rotatable bonds is 5. The topological polar surface area (TPSA) is 77.5 Å². The summed E-state index contributed by atoms with van der Waals surface area (Å²) in [6.07, 6.45) is 1.53. The molecule has 0 saturated heterocycles. The fraction of sp³-hybridized carbons (Fsp3) is 0.462. The van der Waals surface area contributed by atoms with Crippen molar-refractivity contribution >= 4 is 17.8 Å². The lowest BCUT2D eigenvalue weighted by atomic mass is 10.0. The number of methoxy groups -OCH3 is 2. The van der Waals surface area contributed by atoms with Crippen molar-refractivity contribution in [2.24, 2.45) is 5.92 Å². The van der Waals surface area contributed by atoms with Crippen LogP contribution in [0.25, 0.3) is 0 Å². The Kier molecular flexibility index (Phi) is 5.29. The summed E-state index contributed by atoms with van der Waals surface area (Å²) in [5, 5.41) is 2.93. The normalized spacial score (nSPS) is 11.8. The number of ether oxygens (including phenoxy) is 2. The smallest absolute Gasteiger partial charge is 0.341 e. The van der Waals surface area contributed by atoms with Gasteiger partial charge < -0.3 is 14.8 Å². The molecule has 0 aliphatic heterocycles. The molecule has 1 aromatic rings. The Balaban J connectivity index is 3.03. The first-order valence-corrected chi connectivity index (χ1v) is 5.89. The number of hydrogen-bond acceptors (Lipinski definition) is 6. The number of esters is 2. The molecule has 1 heterocycles. The van der Waals surface area contributed by atoms with Crippen molar-refractivity contribution in [3.63, 3.8) is 0 Å². The molecule has 0 aromatic carbocycles. The van der Waals surface area contributed by atoms with E-state index in [2.05, 4.69) is 15.0 Å². The first-order chi connectivity index (χ1) is 9.01. The van der Waals surface area contributed by atoms with Gasteiger partial charge in [0.25, 0.3) is 0 Å². The molecule has 1 unspecified atom stereocenters. The van der Waals surface area contributed by atoms with Crippen LogP contribution in [0.15, 0.2) is 18.3 Å². The van der Waals surface area contributed by atoms with E-state index in [1.165, 1.54) is 20.4 Å². The lowest BCUT2D eigenvalue weighted by molar-refractivity contribution is -0.142. The predicted molar refractivity (Wildman–Crippen MR) is 69.8 cm³/mol. The molecule has 6 nitrogen and oxygen atoms in total. The maximum Gasteiger partial charge on any atom is 0.341 e. The van der Waals surface area contributed by atoms with Crippen molar-refractivity contribution in [3.05, 3.63) is 23.9 Å². The minimum atomic E-state index is -0.580. The van der Waals surface area contributed by atoms with Gasteiger partial charge in [0, 0.05) is 6.20 Å². The van der Waals surface area contributed by atoms with Crippen LogP contribution < -0.4 is 5.32 Å². The Bertz CT molecular complexity index is 460. The highest BCUT2D eigenvalue weighted by atomic mass is 16.5. The molecule has 1 aromatic heterocycles. The van der Waals surface area contributed by atoms with Crippen molar-refractivity contribution in [2.75, 3.05) is 19.5 Å². The predicted octanol–water partition coefficient (Wildman–Crippen LogP) is 1.48. The van der Waals surface area contributed by atoms with Crippen molar-refractivity contribution in [1.29, 1.82) is 0 Å². The molecular weight excluding hydrogens is 248 g/mol. The molecule has 0 radical (unpaired) electrons. The van der Waals surface area contributed by atoms with E-state index in [1.807, 2.05) is 13.8 Å². The van der Waals surface area contributed by atoms with Gasteiger partial charge in [0.15, 0.2) is 0 Å². The SMILES string of the molecule is COC(=O)c1cccnc1NC(C(=O)OC)C(C)C. The van der Waals surface area contributed by atoms with E-state index in [0.29, 0.717) is 5.82 Å². The first-order valence-electron chi connectivity index (χ1n) is 5.89. The minimum absolute atomic E-state index is 0.0139. The molecule has 0 fully saturated rings. The molecule has 0 aliphatic carbocycles. The molecule has 1 N–H and O–H groups in total. The highest BCUT2D eigenvalue weighted by Gasteiger charge is 2.25. The second-order valence-corrected chi connectivity index (χ2v) is 4.28. The summed E-state index contributed by atoms with van der Waals surface area (Å²) in [5.74, 6) is -0.627. The summed E-state index contributed by atoms with van der Waals surface area (Å²) in [5.41, 5.74) is 0.277. The standard InChI is InChI=1S/C13H18N2O4/c1-8(2)10(13(17)19-4)15-11-9(12(16)18-3)6-5-7-14-11/h5-8,10H,1-4H3,(H,14,15). The van der Waals surface area contributed by atoms with Crippen LogP contribution in [0.4, 0.5) is 5.82 Å². The zero-order valence-electron chi connectivity index (χ0n) is 11.5. The average Bonchev–Trinajstić information content (AvgIpc) is 2.43. The molecule has 0 amide bonds. The summed E-state index contributed by atoms with van der Waals surface area (Å²) in [4.78, 5) is 27.4. The molecule has 0 saturated carbocycles. The van der Waals surface area contributed by atoms with E-state index in [0.717, 1.165) is 0 Å². The third-order valence-corrected chi connectivity index (χ3v) is 2.63. The van der Waals surface area contributed by atoms with Crippen LogP contribution in [-0.2, 0) is 14.3 Å². The Morgan fingerprint density at radius 3 is 2.47 bits per heavy atom. The number of pyridine rings is 1. The number of anilines is 1. The number of nitrogens with zero attached hydrogens (tertiary/aromatic N) is 1. The number of nitrogens with one attached hydrogen (secondary N) is 1. The highest BCUT2D eigenvalue weighted by Crippen LogP contribution is 2.17. The summed E-state index contributed by atoms with van der Waals surface area (Å²) in [6.45, 7) is 3.74. The summed E-state index contributed by atoms with van der Waals surface area (Å²) in [7, 11) is 2.61. The van der Waals surface area contributed by atoms with Gasteiger partial charge in [-0.3, -0.25) is 0 Å². The van der Waals surface area contributed by atoms with Crippen LogP contribution in [0.1, 0.15) is 24.2 Å². The van der Waals surface area contributed by atoms with E-state index in [4.69, 9.17) is 4.74 Å². The second-order valence-electron chi connectivity index (χ2n) is 4.28. The van der Waals surface area contributed by atoms with Crippen molar-refractivity contribution < 1.29 is 19.1 Å². The van der Waals surface area contributed by atoms with Gasteiger partial charge in [-0.25, -0.2) is 14.6 Å². The fourth-order valence-electron chi connectivity index (χ4n) is 1.57. The van der Waals surface area contributed by atoms with E-state index < -0.39 is 18.0 Å².